The van der Waals surface area contributed by atoms with Crippen molar-refractivity contribution in [1.29, 1.82) is 0 Å². The molecule has 1 radical (unpaired) electrons. The Morgan fingerprint density at radius 1 is 1.11 bits per heavy atom. The number of hydrogen-bond donors (Lipinski definition) is 0. The molecule has 1 atom stereocenters. The first-order valence-electron chi connectivity index (χ1n) is 5.95. The summed E-state index contributed by atoms with van der Waals surface area (Å²) < 4.78 is 29.5. The molecule has 0 N–H and O–H groups in total. The molecule has 0 heterocycles. The first-order chi connectivity index (χ1) is 8.54. The predicted molar refractivity (Wildman–Crippen MR) is 76.8 cm³/mol. The quantitative estimate of drug-likeness (QED) is 0.641. The molecule has 97 valence electrons. The summed E-state index contributed by atoms with van der Waals surface area (Å²) in [5, 5.41) is 0. The maximum atomic E-state index is 12.2. The zero-order chi connectivity index (χ0) is 13.2. The third kappa shape index (κ3) is 3.80. The summed E-state index contributed by atoms with van der Waals surface area (Å²) >= 11 is 0. The molecule has 0 saturated heterocycles. The molecule has 0 bridgehead atoms. The Morgan fingerprint density at radius 3 is 2.47 bits per heavy atom. The van der Waals surface area contributed by atoms with Gasteiger partial charge in [0.15, 0.2) is 0 Å². The van der Waals surface area contributed by atoms with Crippen LogP contribution in [0.15, 0.2) is 47.4 Å². The van der Waals surface area contributed by atoms with Crippen LogP contribution in [0.5, 0.6) is 0 Å². The van der Waals surface area contributed by atoms with Crippen LogP contribution in [-0.2, 0) is 14.3 Å². The smallest absolute Gasteiger partial charge is 0.263 e. The van der Waals surface area contributed by atoms with Crippen LogP contribution in [0.4, 0.5) is 0 Å². The van der Waals surface area contributed by atoms with Gasteiger partial charge in [0.1, 0.15) is 4.90 Å². The van der Waals surface area contributed by atoms with Gasteiger partial charge in [-0.15, -0.1) is 0 Å². The SMILES string of the molecule is CCC(C)OS(=O)(=O)c1ccc2cccccc1-2.[Na]. The standard InChI is InChI=1S/C14H16O3S.Na/c1-3-11(2)17-18(15,16)14-10-9-12-7-5-4-6-8-13(12)14;/h4-11H,3H2,1-2H3;. The summed E-state index contributed by atoms with van der Waals surface area (Å²) in [6.07, 6.45) is 0.350. The van der Waals surface area contributed by atoms with Gasteiger partial charge < -0.3 is 0 Å². The average Bonchev–Trinajstić information content (AvgIpc) is 2.60. The third-order valence-corrected chi connectivity index (χ3v) is 4.36. The van der Waals surface area contributed by atoms with E-state index in [0.29, 0.717) is 12.0 Å². The fourth-order valence-electron chi connectivity index (χ4n) is 1.74. The van der Waals surface area contributed by atoms with Gasteiger partial charge in [0, 0.05) is 35.1 Å². The van der Waals surface area contributed by atoms with Gasteiger partial charge >= 0.3 is 0 Å². The largest absolute Gasteiger partial charge is 0.297 e. The molecule has 0 spiro atoms. The summed E-state index contributed by atoms with van der Waals surface area (Å²) in [5.74, 6) is 0. The molecule has 0 fully saturated rings. The zero-order valence-corrected chi connectivity index (χ0v) is 14.3. The van der Waals surface area contributed by atoms with Gasteiger partial charge in [-0.05, 0) is 25.0 Å². The van der Waals surface area contributed by atoms with Crippen molar-refractivity contribution in [2.75, 3.05) is 0 Å². The molecule has 2 aliphatic rings. The Hall–Kier alpha value is -0.390. The van der Waals surface area contributed by atoms with Crippen LogP contribution < -0.4 is 0 Å². The average molecular weight is 287 g/mol. The Bertz CT molecular complexity index is 610. The van der Waals surface area contributed by atoms with Crippen molar-refractivity contribution in [3.05, 3.63) is 42.5 Å². The van der Waals surface area contributed by atoms with Crippen LogP contribution in [0.2, 0.25) is 0 Å². The number of rotatable bonds is 4. The minimum atomic E-state index is -3.68. The Morgan fingerprint density at radius 2 is 1.79 bits per heavy atom. The molecule has 0 aromatic heterocycles. The topological polar surface area (TPSA) is 43.4 Å². The van der Waals surface area contributed by atoms with E-state index >= 15 is 0 Å². The normalized spacial score (nSPS) is 12.9. The summed E-state index contributed by atoms with van der Waals surface area (Å²) in [5.41, 5.74) is 1.59. The summed E-state index contributed by atoms with van der Waals surface area (Å²) in [6.45, 7) is 3.64. The third-order valence-electron chi connectivity index (χ3n) is 2.89. The second-order valence-corrected chi connectivity index (χ2v) is 5.79. The molecule has 0 aliphatic heterocycles. The van der Waals surface area contributed by atoms with E-state index in [2.05, 4.69) is 0 Å². The molecular formula is C14H16NaO3S. The van der Waals surface area contributed by atoms with Gasteiger partial charge in [0.25, 0.3) is 10.1 Å². The molecule has 19 heavy (non-hydrogen) atoms. The van der Waals surface area contributed by atoms with Crippen molar-refractivity contribution in [1.82, 2.24) is 0 Å². The fraction of sp³-hybridized carbons (Fsp3) is 0.286. The van der Waals surface area contributed by atoms with Gasteiger partial charge in [-0.1, -0.05) is 43.3 Å². The maximum Gasteiger partial charge on any atom is 0.297 e. The second-order valence-electron chi connectivity index (χ2n) is 4.25. The van der Waals surface area contributed by atoms with Crippen molar-refractivity contribution in [3.8, 4) is 11.1 Å². The first-order valence-corrected chi connectivity index (χ1v) is 7.36. The molecule has 0 aromatic rings. The molecule has 5 heteroatoms. The van der Waals surface area contributed by atoms with Gasteiger partial charge in [0.05, 0.1) is 6.10 Å². The van der Waals surface area contributed by atoms with E-state index in [1.807, 2.05) is 31.2 Å². The van der Waals surface area contributed by atoms with Crippen molar-refractivity contribution in [3.63, 3.8) is 0 Å². The molecule has 1 unspecified atom stereocenters. The van der Waals surface area contributed by atoms with E-state index < -0.39 is 10.1 Å². The molecule has 0 amide bonds. The van der Waals surface area contributed by atoms with E-state index in [-0.39, 0.29) is 40.6 Å². The van der Waals surface area contributed by atoms with E-state index in [1.165, 1.54) is 0 Å². The molecule has 2 aliphatic carbocycles. The van der Waals surface area contributed by atoms with Crippen LogP contribution in [0, 0.1) is 0 Å². The van der Waals surface area contributed by atoms with E-state index in [1.54, 1.807) is 25.1 Å². The van der Waals surface area contributed by atoms with Gasteiger partial charge in [0.2, 0.25) is 0 Å². The zero-order valence-electron chi connectivity index (χ0n) is 11.5. The van der Waals surface area contributed by atoms with Crippen molar-refractivity contribution < 1.29 is 12.6 Å². The molecule has 0 aromatic carbocycles. The van der Waals surface area contributed by atoms with Crippen LogP contribution >= 0.6 is 0 Å². The van der Waals surface area contributed by atoms with Gasteiger partial charge in [-0.3, -0.25) is 4.18 Å². The molecule has 0 saturated carbocycles. The Kier molecular flexibility index (Phi) is 6.02. The predicted octanol–water partition coefficient (Wildman–Crippen LogP) is 2.91. The van der Waals surface area contributed by atoms with Crippen LogP contribution in [0.25, 0.3) is 11.1 Å². The Labute approximate surface area is 136 Å². The maximum absolute atomic E-state index is 12.2. The second kappa shape index (κ2) is 6.86. The van der Waals surface area contributed by atoms with Crippen LogP contribution in [-0.4, -0.2) is 44.1 Å². The van der Waals surface area contributed by atoms with E-state index in [4.69, 9.17) is 4.18 Å². The van der Waals surface area contributed by atoms with Crippen molar-refractivity contribution >= 4 is 39.7 Å². The minimum absolute atomic E-state index is 0. The van der Waals surface area contributed by atoms with Crippen LogP contribution in [0.3, 0.4) is 0 Å². The monoisotopic (exact) mass is 287 g/mol. The molecular weight excluding hydrogens is 271 g/mol. The van der Waals surface area contributed by atoms with Crippen molar-refractivity contribution in [2.45, 2.75) is 31.3 Å². The summed E-state index contributed by atoms with van der Waals surface area (Å²) in [7, 11) is -3.68. The Balaban J connectivity index is 0.00000180. The number of hydrogen-bond acceptors (Lipinski definition) is 3. The van der Waals surface area contributed by atoms with Crippen molar-refractivity contribution in [2.24, 2.45) is 0 Å². The van der Waals surface area contributed by atoms with E-state index in [9.17, 15) is 8.42 Å². The van der Waals surface area contributed by atoms with Crippen LogP contribution in [0.1, 0.15) is 20.3 Å². The van der Waals surface area contributed by atoms with E-state index in [0.717, 1.165) is 5.56 Å². The summed E-state index contributed by atoms with van der Waals surface area (Å²) in [6, 6.07) is 12.6. The first kappa shape index (κ1) is 16.7. The molecule has 2 rings (SSSR count). The minimum Gasteiger partial charge on any atom is -0.263 e. The fourth-order valence-corrected chi connectivity index (χ4v) is 3.10. The molecule has 3 nitrogen and oxygen atoms in total. The number of fused-ring (bicyclic) bond motifs is 1. The summed E-state index contributed by atoms with van der Waals surface area (Å²) in [4.78, 5) is 0.244. The van der Waals surface area contributed by atoms with Gasteiger partial charge in [-0.2, -0.15) is 8.42 Å². The van der Waals surface area contributed by atoms with Gasteiger partial charge in [-0.25, -0.2) is 0 Å².